The molecule has 0 bridgehead atoms. The highest BCUT2D eigenvalue weighted by atomic mass is 35.5. The second kappa shape index (κ2) is 9.30. The van der Waals surface area contributed by atoms with Gasteiger partial charge in [-0.15, -0.1) is 0 Å². The number of benzene rings is 1. The van der Waals surface area contributed by atoms with Crippen LogP contribution in [0.4, 0.5) is 10.1 Å². The minimum atomic E-state index is -0.446. The minimum Gasteiger partial charge on any atom is -0.353 e. The Bertz CT molecular complexity index is 648. The van der Waals surface area contributed by atoms with Crippen molar-refractivity contribution in [1.82, 2.24) is 15.1 Å². The van der Waals surface area contributed by atoms with Gasteiger partial charge in [0.25, 0.3) is 0 Å². The number of carbonyl (C=O) groups is 2. The van der Waals surface area contributed by atoms with Crippen molar-refractivity contribution >= 4 is 29.1 Å². The highest BCUT2D eigenvalue weighted by Crippen LogP contribution is 2.23. The van der Waals surface area contributed by atoms with Gasteiger partial charge in [0.15, 0.2) is 0 Å². The van der Waals surface area contributed by atoms with E-state index in [1.54, 1.807) is 0 Å². The Morgan fingerprint density at radius 1 is 1.19 bits per heavy atom. The molecule has 2 rings (SSSR count). The van der Waals surface area contributed by atoms with Gasteiger partial charge in [0, 0.05) is 32.2 Å². The van der Waals surface area contributed by atoms with E-state index in [2.05, 4.69) is 20.4 Å². The molecule has 0 aliphatic carbocycles. The summed E-state index contributed by atoms with van der Waals surface area (Å²) in [5.41, 5.74) is 0.397. The van der Waals surface area contributed by atoms with Gasteiger partial charge in [0.1, 0.15) is 5.82 Å². The Morgan fingerprint density at radius 3 is 2.42 bits per heavy atom. The summed E-state index contributed by atoms with van der Waals surface area (Å²) >= 11 is 5.95. The average molecular weight is 385 g/mol. The summed E-state index contributed by atoms with van der Waals surface area (Å²) < 4.78 is 13.1. The van der Waals surface area contributed by atoms with E-state index in [9.17, 15) is 14.0 Å². The predicted molar refractivity (Wildman–Crippen MR) is 101 cm³/mol. The van der Waals surface area contributed by atoms with E-state index in [4.69, 9.17) is 11.6 Å². The van der Waals surface area contributed by atoms with Gasteiger partial charge in [0.2, 0.25) is 11.8 Å². The number of carbonyl (C=O) groups excluding carboxylic acids is 2. The summed E-state index contributed by atoms with van der Waals surface area (Å²) in [6.07, 6.45) is 0. The van der Waals surface area contributed by atoms with E-state index < -0.39 is 5.82 Å². The maximum absolute atomic E-state index is 13.1. The van der Waals surface area contributed by atoms with E-state index in [1.165, 1.54) is 18.2 Å². The van der Waals surface area contributed by atoms with Crippen LogP contribution in [0.25, 0.3) is 0 Å². The molecule has 1 aliphatic rings. The lowest BCUT2D eigenvalue weighted by Crippen LogP contribution is -2.54. The summed E-state index contributed by atoms with van der Waals surface area (Å²) in [6.45, 7) is 8.90. The Balaban J connectivity index is 1.82. The van der Waals surface area contributed by atoms with Crippen molar-refractivity contribution in [2.24, 2.45) is 0 Å². The van der Waals surface area contributed by atoms with Crippen molar-refractivity contribution in [1.29, 1.82) is 0 Å². The zero-order valence-corrected chi connectivity index (χ0v) is 16.1. The van der Waals surface area contributed by atoms with Gasteiger partial charge in [-0.3, -0.25) is 19.4 Å². The lowest BCUT2D eigenvalue weighted by molar-refractivity contribution is -0.125. The molecule has 0 saturated carbocycles. The Morgan fingerprint density at radius 2 is 1.85 bits per heavy atom. The van der Waals surface area contributed by atoms with Crippen LogP contribution in [0.5, 0.6) is 0 Å². The van der Waals surface area contributed by atoms with Crippen molar-refractivity contribution in [2.75, 3.05) is 38.0 Å². The normalized spacial score (nSPS) is 17.2. The van der Waals surface area contributed by atoms with Crippen LogP contribution in [0.15, 0.2) is 18.2 Å². The molecule has 2 amide bonds. The first-order chi connectivity index (χ1) is 12.3. The lowest BCUT2D eigenvalue weighted by atomic mass is 10.2. The molecule has 1 aliphatic heterocycles. The molecule has 6 nitrogen and oxygen atoms in total. The van der Waals surface area contributed by atoms with E-state index in [1.807, 2.05) is 20.8 Å². The van der Waals surface area contributed by atoms with Gasteiger partial charge in [-0.05, 0) is 39.0 Å². The number of halogens is 2. The Hall–Kier alpha value is -1.70. The maximum Gasteiger partial charge on any atom is 0.241 e. The molecule has 0 aromatic heterocycles. The van der Waals surface area contributed by atoms with Crippen LogP contribution in [0.3, 0.4) is 0 Å². The molecule has 1 fully saturated rings. The fourth-order valence-corrected chi connectivity index (χ4v) is 3.09. The predicted octanol–water partition coefficient (Wildman–Crippen LogP) is 1.95. The quantitative estimate of drug-likeness (QED) is 0.786. The first-order valence-electron chi connectivity index (χ1n) is 8.78. The standard InChI is InChI=1S/C18H26ClFN4O2/c1-12(2)21-17(25)11-23-6-8-24(9-7-23)13(3)18(26)22-16-5-4-14(20)10-15(16)19/h4-5,10,12-13H,6-9,11H2,1-3H3,(H,21,25)(H,22,26)/t13-/m0/s1. The second-order valence-corrected chi connectivity index (χ2v) is 7.23. The molecule has 8 heteroatoms. The van der Waals surface area contributed by atoms with Gasteiger partial charge in [0.05, 0.1) is 23.3 Å². The van der Waals surface area contributed by atoms with Gasteiger partial charge in [-0.25, -0.2) is 4.39 Å². The molecular formula is C18H26ClFN4O2. The molecule has 0 radical (unpaired) electrons. The van der Waals surface area contributed by atoms with E-state index in [0.717, 1.165) is 13.1 Å². The fraction of sp³-hybridized carbons (Fsp3) is 0.556. The Labute approximate surface area is 158 Å². The molecule has 0 spiro atoms. The van der Waals surface area contributed by atoms with Crippen LogP contribution < -0.4 is 10.6 Å². The first-order valence-corrected chi connectivity index (χ1v) is 9.15. The number of piperazine rings is 1. The van der Waals surface area contributed by atoms with E-state index in [0.29, 0.717) is 25.3 Å². The van der Waals surface area contributed by atoms with E-state index in [-0.39, 0.29) is 28.9 Å². The molecule has 1 aromatic carbocycles. The third-order valence-electron chi connectivity index (χ3n) is 4.34. The monoisotopic (exact) mass is 384 g/mol. The van der Waals surface area contributed by atoms with Gasteiger partial charge in [-0.1, -0.05) is 11.6 Å². The highest BCUT2D eigenvalue weighted by Gasteiger charge is 2.26. The topological polar surface area (TPSA) is 64.7 Å². The zero-order valence-electron chi connectivity index (χ0n) is 15.4. The van der Waals surface area contributed by atoms with Crippen LogP contribution >= 0.6 is 11.6 Å². The van der Waals surface area contributed by atoms with Gasteiger partial charge in [-0.2, -0.15) is 0 Å². The molecule has 1 saturated heterocycles. The number of nitrogens with zero attached hydrogens (tertiary/aromatic N) is 2. The van der Waals surface area contributed by atoms with Crippen LogP contribution in [0.1, 0.15) is 20.8 Å². The number of amides is 2. The zero-order chi connectivity index (χ0) is 19.3. The molecule has 0 unspecified atom stereocenters. The fourth-order valence-electron chi connectivity index (χ4n) is 2.87. The smallest absolute Gasteiger partial charge is 0.241 e. The number of hydrogen-bond acceptors (Lipinski definition) is 4. The van der Waals surface area contributed by atoms with Crippen molar-refractivity contribution < 1.29 is 14.0 Å². The van der Waals surface area contributed by atoms with Gasteiger partial charge >= 0.3 is 0 Å². The van der Waals surface area contributed by atoms with Gasteiger partial charge < -0.3 is 10.6 Å². The maximum atomic E-state index is 13.1. The molecule has 1 heterocycles. The second-order valence-electron chi connectivity index (χ2n) is 6.82. The number of hydrogen-bond donors (Lipinski definition) is 2. The van der Waals surface area contributed by atoms with Crippen molar-refractivity contribution in [3.8, 4) is 0 Å². The van der Waals surface area contributed by atoms with E-state index >= 15 is 0 Å². The average Bonchev–Trinajstić information content (AvgIpc) is 2.56. The summed E-state index contributed by atoms with van der Waals surface area (Å²) in [4.78, 5) is 28.4. The number of nitrogens with one attached hydrogen (secondary N) is 2. The molecule has 144 valence electrons. The van der Waals surface area contributed by atoms with Crippen molar-refractivity contribution in [3.63, 3.8) is 0 Å². The summed E-state index contributed by atoms with van der Waals surface area (Å²) in [5.74, 6) is -0.617. The molecule has 26 heavy (non-hydrogen) atoms. The number of anilines is 1. The molecule has 1 atom stereocenters. The molecule has 1 aromatic rings. The van der Waals surface area contributed by atoms with Crippen molar-refractivity contribution in [2.45, 2.75) is 32.9 Å². The van der Waals surface area contributed by atoms with Crippen LogP contribution in [0.2, 0.25) is 5.02 Å². The SMILES string of the molecule is CC(C)NC(=O)CN1CCN([C@@H](C)C(=O)Nc2ccc(F)cc2Cl)CC1. The third kappa shape index (κ3) is 5.93. The molecule has 2 N–H and O–H groups in total. The molecular weight excluding hydrogens is 359 g/mol. The Kier molecular flexibility index (Phi) is 7.37. The van der Waals surface area contributed by atoms with Crippen LogP contribution in [-0.2, 0) is 9.59 Å². The summed E-state index contributed by atoms with van der Waals surface area (Å²) in [7, 11) is 0. The van der Waals surface area contributed by atoms with Crippen LogP contribution in [-0.4, -0.2) is 66.4 Å². The number of rotatable bonds is 6. The summed E-state index contributed by atoms with van der Waals surface area (Å²) in [6, 6.07) is 3.66. The van der Waals surface area contributed by atoms with Crippen LogP contribution in [0, 0.1) is 5.82 Å². The summed E-state index contributed by atoms with van der Waals surface area (Å²) in [5, 5.41) is 5.80. The first kappa shape index (κ1) is 20.6. The van der Waals surface area contributed by atoms with Crippen molar-refractivity contribution in [3.05, 3.63) is 29.0 Å². The highest BCUT2D eigenvalue weighted by molar-refractivity contribution is 6.33. The lowest BCUT2D eigenvalue weighted by Gasteiger charge is -2.37. The largest absolute Gasteiger partial charge is 0.353 e. The third-order valence-corrected chi connectivity index (χ3v) is 4.65. The minimum absolute atomic E-state index is 0.0187.